The highest BCUT2D eigenvalue weighted by molar-refractivity contribution is 5.80. The molecule has 1 aromatic rings. The van der Waals surface area contributed by atoms with Crippen LogP contribution in [0.2, 0.25) is 0 Å². The van der Waals surface area contributed by atoms with Gasteiger partial charge in [-0.1, -0.05) is 45.0 Å². The van der Waals surface area contributed by atoms with Crippen molar-refractivity contribution < 1.29 is 14.6 Å². The third-order valence-electron chi connectivity index (χ3n) is 6.63. The predicted molar refractivity (Wildman–Crippen MR) is 104 cm³/mol. The molecule has 4 rings (SSSR count). The Balaban J connectivity index is 1.28. The van der Waals surface area contributed by atoms with Gasteiger partial charge in [-0.25, -0.2) is 0 Å². The van der Waals surface area contributed by atoms with E-state index < -0.39 is 6.41 Å². The van der Waals surface area contributed by atoms with Gasteiger partial charge in [-0.2, -0.15) is 0 Å². The molecule has 3 aliphatic rings. The summed E-state index contributed by atoms with van der Waals surface area (Å²) in [4.78, 5) is 14.8. The Morgan fingerprint density at radius 2 is 1.81 bits per heavy atom. The largest absolute Gasteiger partial charge is 0.356 e. The van der Waals surface area contributed by atoms with Gasteiger partial charge >= 0.3 is 0 Å². The van der Waals surface area contributed by atoms with Crippen molar-refractivity contribution >= 4 is 5.91 Å². The van der Waals surface area contributed by atoms with Crippen LogP contribution in [0, 0.1) is 5.92 Å². The van der Waals surface area contributed by atoms with Gasteiger partial charge in [0.25, 0.3) is 0 Å². The fraction of sp³-hybridized carbons (Fsp3) is 0.682. The third kappa shape index (κ3) is 3.78. The van der Waals surface area contributed by atoms with E-state index >= 15 is 0 Å². The standard InChI is InChI=1S/C22H32N2O3/c1-21(2,3)18-6-4-15(5-7-18)16-8-10-24(11-9-16)19(25)17-12-22(13-17)14-27-20(26)23-22/h4-7,16-17,20,23,26H,8-14H2,1-3H3. The van der Waals surface area contributed by atoms with Gasteiger partial charge in [0, 0.05) is 24.5 Å². The van der Waals surface area contributed by atoms with Crippen LogP contribution in [0.25, 0.3) is 0 Å². The quantitative estimate of drug-likeness (QED) is 0.838. The Hall–Kier alpha value is -1.43. The van der Waals surface area contributed by atoms with Gasteiger partial charge in [-0.05, 0) is 48.1 Å². The lowest BCUT2D eigenvalue weighted by Gasteiger charge is -2.45. The number of carbonyl (C=O) groups is 1. The van der Waals surface area contributed by atoms with Crippen molar-refractivity contribution in [1.82, 2.24) is 10.2 Å². The van der Waals surface area contributed by atoms with Crippen LogP contribution in [-0.2, 0) is 14.9 Å². The third-order valence-corrected chi connectivity index (χ3v) is 6.63. The minimum Gasteiger partial charge on any atom is -0.356 e. The average molecular weight is 373 g/mol. The fourth-order valence-electron chi connectivity index (χ4n) is 4.82. The van der Waals surface area contributed by atoms with Crippen molar-refractivity contribution in [3.05, 3.63) is 35.4 Å². The summed E-state index contributed by atoms with van der Waals surface area (Å²) in [5.41, 5.74) is 2.78. The van der Waals surface area contributed by atoms with Crippen molar-refractivity contribution in [3.63, 3.8) is 0 Å². The summed E-state index contributed by atoms with van der Waals surface area (Å²) in [6.07, 6.45) is 2.76. The van der Waals surface area contributed by atoms with Crippen LogP contribution < -0.4 is 5.32 Å². The molecule has 27 heavy (non-hydrogen) atoms. The van der Waals surface area contributed by atoms with Crippen LogP contribution in [0.3, 0.4) is 0 Å². The normalized spacial score (nSPS) is 31.9. The van der Waals surface area contributed by atoms with Crippen LogP contribution in [0.5, 0.6) is 0 Å². The fourth-order valence-corrected chi connectivity index (χ4v) is 4.82. The van der Waals surface area contributed by atoms with E-state index in [0.717, 1.165) is 38.8 Å². The molecule has 148 valence electrons. The molecule has 1 spiro atoms. The molecular weight excluding hydrogens is 340 g/mol. The molecule has 2 saturated heterocycles. The van der Waals surface area contributed by atoms with E-state index in [4.69, 9.17) is 4.74 Å². The Kier molecular flexibility index (Phi) is 4.81. The Labute approximate surface area is 162 Å². The summed E-state index contributed by atoms with van der Waals surface area (Å²) >= 11 is 0. The first-order chi connectivity index (χ1) is 12.8. The van der Waals surface area contributed by atoms with E-state index in [2.05, 4.69) is 50.4 Å². The molecule has 0 aromatic heterocycles. The first-order valence-corrected chi connectivity index (χ1v) is 10.2. The second kappa shape index (κ2) is 6.87. The highest BCUT2D eigenvalue weighted by atomic mass is 16.6. The number of likely N-dealkylation sites (tertiary alicyclic amines) is 1. The summed E-state index contributed by atoms with van der Waals surface area (Å²) in [7, 11) is 0. The topological polar surface area (TPSA) is 61.8 Å². The summed E-state index contributed by atoms with van der Waals surface area (Å²) in [5.74, 6) is 0.912. The molecule has 0 bridgehead atoms. The van der Waals surface area contributed by atoms with Crippen molar-refractivity contribution in [2.24, 2.45) is 5.92 Å². The van der Waals surface area contributed by atoms with Gasteiger partial charge in [0.1, 0.15) is 0 Å². The molecule has 2 aliphatic heterocycles. The molecule has 1 aliphatic carbocycles. The number of ether oxygens (including phenoxy) is 1. The lowest BCUT2D eigenvalue weighted by atomic mass is 9.68. The smallest absolute Gasteiger partial charge is 0.225 e. The number of amides is 1. The zero-order chi connectivity index (χ0) is 19.2. The first-order valence-electron chi connectivity index (χ1n) is 10.2. The maximum absolute atomic E-state index is 12.8. The zero-order valence-electron chi connectivity index (χ0n) is 16.7. The molecule has 3 fully saturated rings. The summed E-state index contributed by atoms with van der Waals surface area (Å²) in [6, 6.07) is 9.06. The second-order valence-corrected chi connectivity index (χ2v) is 9.66. The molecule has 1 amide bonds. The van der Waals surface area contributed by atoms with E-state index in [1.165, 1.54) is 11.1 Å². The maximum Gasteiger partial charge on any atom is 0.225 e. The Morgan fingerprint density at radius 1 is 1.19 bits per heavy atom. The number of nitrogens with one attached hydrogen (secondary N) is 1. The summed E-state index contributed by atoms with van der Waals surface area (Å²) in [6.45, 7) is 8.92. The van der Waals surface area contributed by atoms with Crippen molar-refractivity contribution in [1.29, 1.82) is 0 Å². The van der Waals surface area contributed by atoms with E-state index in [0.29, 0.717) is 12.5 Å². The molecule has 1 atom stereocenters. The molecule has 2 N–H and O–H groups in total. The Bertz CT molecular complexity index is 681. The van der Waals surface area contributed by atoms with Crippen LogP contribution in [0.15, 0.2) is 24.3 Å². The number of aliphatic hydroxyl groups is 1. The molecule has 1 unspecified atom stereocenters. The van der Waals surface area contributed by atoms with E-state index in [1.54, 1.807) is 0 Å². The van der Waals surface area contributed by atoms with Crippen molar-refractivity contribution in [2.75, 3.05) is 19.7 Å². The van der Waals surface area contributed by atoms with E-state index in [1.807, 2.05) is 4.90 Å². The number of nitrogens with zero attached hydrogens (tertiary/aromatic N) is 1. The molecule has 1 saturated carbocycles. The number of hydrogen-bond acceptors (Lipinski definition) is 4. The van der Waals surface area contributed by atoms with Crippen molar-refractivity contribution in [3.8, 4) is 0 Å². The number of rotatable bonds is 2. The number of benzene rings is 1. The van der Waals surface area contributed by atoms with E-state index in [9.17, 15) is 9.90 Å². The van der Waals surface area contributed by atoms with E-state index in [-0.39, 0.29) is 22.8 Å². The lowest BCUT2D eigenvalue weighted by Crippen LogP contribution is -2.59. The average Bonchev–Trinajstić information content (AvgIpc) is 3.02. The summed E-state index contributed by atoms with van der Waals surface area (Å²) < 4.78 is 5.20. The Morgan fingerprint density at radius 3 is 2.33 bits per heavy atom. The number of carbonyl (C=O) groups excluding carboxylic acids is 1. The van der Waals surface area contributed by atoms with Gasteiger partial charge < -0.3 is 14.7 Å². The monoisotopic (exact) mass is 372 g/mol. The molecule has 1 aromatic carbocycles. The maximum atomic E-state index is 12.8. The second-order valence-electron chi connectivity index (χ2n) is 9.66. The first kappa shape index (κ1) is 18.9. The highest BCUT2D eigenvalue weighted by Crippen LogP contribution is 2.42. The van der Waals surface area contributed by atoms with Gasteiger partial charge in [0.05, 0.1) is 6.61 Å². The number of aliphatic hydroxyl groups excluding tert-OH is 1. The number of piperidine rings is 1. The lowest BCUT2D eigenvalue weighted by molar-refractivity contribution is -0.142. The van der Waals surface area contributed by atoms with Crippen LogP contribution >= 0.6 is 0 Å². The van der Waals surface area contributed by atoms with Crippen LogP contribution in [0.4, 0.5) is 0 Å². The van der Waals surface area contributed by atoms with Gasteiger partial charge in [-0.3, -0.25) is 10.1 Å². The van der Waals surface area contributed by atoms with Gasteiger partial charge in [0.2, 0.25) is 12.3 Å². The predicted octanol–water partition coefficient (Wildman–Crippen LogP) is 2.73. The summed E-state index contributed by atoms with van der Waals surface area (Å²) in [5, 5.41) is 12.5. The van der Waals surface area contributed by atoms with Crippen LogP contribution in [-0.4, -0.2) is 47.6 Å². The number of hydrogen-bond donors (Lipinski definition) is 2. The molecule has 5 nitrogen and oxygen atoms in total. The zero-order valence-corrected chi connectivity index (χ0v) is 16.7. The van der Waals surface area contributed by atoms with Gasteiger partial charge in [-0.15, -0.1) is 0 Å². The molecular formula is C22H32N2O3. The molecule has 2 heterocycles. The van der Waals surface area contributed by atoms with Crippen LogP contribution in [0.1, 0.15) is 63.5 Å². The minimum absolute atomic E-state index is 0.0778. The molecule has 5 heteroatoms. The minimum atomic E-state index is -0.874. The highest BCUT2D eigenvalue weighted by Gasteiger charge is 2.52. The molecule has 0 radical (unpaired) electrons. The van der Waals surface area contributed by atoms with Gasteiger partial charge in [0.15, 0.2) is 0 Å². The SMILES string of the molecule is CC(C)(C)c1ccc(C2CCN(C(=O)C3CC4(COC(O)N4)C3)CC2)cc1. The van der Waals surface area contributed by atoms with Crippen molar-refractivity contribution in [2.45, 2.75) is 69.7 Å².